The van der Waals surface area contributed by atoms with Crippen LogP contribution in [0.3, 0.4) is 0 Å². The zero-order valence-electron chi connectivity index (χ0n) is 11.3. The van der Waals surface area contributed by atoms with Crippen molar-refractivity contribution in [2.24, 2.45) is 0 Å². The maximum absolute atomic E-state index is 5.84. The topological polar surface area (TPSA) is 60.2 Å². The van der Waals surface area contributed by atoms with Crippen LogP contribution in [0.15, 0.2) is 4.52 Å². The first-order valence-corrected chi connectivity index (χ1v) is 6.92. The molecule has 1 N–H and O–H groups in total. The lowest BCUT2D eigenvalue weighted by Crippen LogP contribution is -2.32. The molecule has 1 saturated carbocycles. The summed E-state index contributed by atoms with van der Waals surface area (Å²) in [5, 5.41) is 7.25. The van der Waals surface area contributed by atoms with Crippen molar-refractivity contribution in [1.29, 1.82) is 0 Å². The van der Waals surface area contributed by atoms with Crippen LogP contribution in [0.2, 0.25) is 0 Å². The predicted molar refractivity (Wildman–Crippen MR) is 68.2 cm³/mol. The first kappa shape index (κ1) is 13.5. The summed E-state index contributed by atoms with van der Waals surface area (Å²) in [7, 11) is 2.03. The largest absolute Gasteiger partial charge is 0.370 e. The number of hydrogen-bond donors (Lipinski definition) is 1. The van der Waals surface area contributed by atoms with Gasteiger partial charge in [-0.3, -0.25) is 0 Å². The highest BCUT2D eigenvalue weighted by molar-refractivity contribution is 4.85. The van der Waals surface area contributed by atoms with Crippen molar-refractivity contribution in [1.82, 2.24) is 15.5 Å². The van der Waals surface area contributed by atoms with Gasteiger partial charge in [0.2, 0.25) is 5.89 Å². The van der Waals surface area contributed by atoms with E-state index in [1.165, 1.54) is 12.8 Å². The highest BCUT2D eigenvalue weighted by atomic mass is 16.5. The van der Waals surface area contributed by atoms with Gasteiger partial charge in [-0.25, -0.2) is 0 Å². The van der Waals surface area contributed by atoms with Crippen LogP contribution in [0.4, 0.5) is 0 Å². The van der Waals surface area contributed by atoms with E-state index in [4.69, 9.17) is 9.26 Å². The number of aryl methyl sites for hydroxylation is 1. The van der Waals surface area contributed by atoms with Gasteiger partial charge < -0.3 is 14.6 Å². The summed E-state index contributed by atoms with van der Waals surface area (Å²) in [6, 6.07) is 0.659. The van der Waals surface area contributed by atoms with Gasteiger partial charge >= 0.3 is 0 Å². The molecule has 0 unspecified atom stereocenters. The maximum atomic E-state index is 5.84. The van der Waals surface area contributed by atoms with Crippen LogP contribution in [0.25, 0.3) is 0 Å². The molecule has 1 fully saturated rings. The van der Waals surface area contributed by atoms with Crippen LogP contribution in [-0.4, -0.2) is 29.3 Å². The third-order valence-corrected chi connectivity index (χ3v) is 3.50. The molecule has 1 aromatic rings. The Balaban J connectivity index is 1.71. The van der Waals surface area contributed by atoms with E-state index in [0.29, 0.717) is 24.6 Å². The molecular formula is C13H23N3O2. The third kappa shape index (κ3) is 3.78. The molecule has 0 aliphatic heterocycles. The molecule has 102 valence electrons. The molecule has 1 aromatic heterocycles. The molecule has 0 atom stereocenters. The molecule has 2 rings (SSSR count). The first-order valence-electron chi connectivity index (χ1n) is 6.92. The van der Waals surface area contributed by atoms with Crippen LogP contribution >= 0.6 is 0 Å². The van der Waals surface area contributed by atoms with Crippen LogP contribution < -0.4 is 5.32 Å². The van der Waals surface area contributed by atoms with Crippen molar-refractivity contribution in [3.05, 3.63) is 11.7 Å². The van der Waals surface area contributed by atoms with Gasteiger partial charge in [-0.05, 0) is 39.2 Å². The molecule has 5 heteroatoms. The molecule has 1 aliphatic carbocycles. The lowest BCUT2D eigenvalue weighted by molar-refractivity contribution is 0.00793. The number of nitrogens with zero attached hydrogens (tertiary/aromatic N) is 2. The van der Waals surface area contributed by atoms with Crippen molar-refractivity contribution < 1.29 is 9.26 Å². The van der Waals surface area contributed by atoms with E-state index in [2.05, 4.69) is 22.4 Å². The minimum Gasteiger partial charge on any atom is -0.370 e. The van der Waals surface area contributed by atoms with Gasteiger partial charge in [-0.15, -0.1) is 0 Å². The SMILES string of the molecule is CCCc1nc(COC2CCC(NC)CC2)no1. The molecule has 18 heavy (non-hydrogen) atoms. The molecule has 1 aliphatic rings. The molecule has 0 bridgehead atoms. The number of nitrogens with one attached hydrogen (secondary N) is 1. The second-order valence-electron chi connectivity index (χ2n) is 4.93. The van der Waals surface area contributed by atoms with Crippen LogP contribution in [0.5, 0.6) is 0 Å². The van der Waals surface area contributed by atoms with Crippen molar-refractivity contribution >= 4 is 0 Å². The van der Waals surface area contributed by atoms with Crippen molar-refractivity contribution in [2.45, 2.75) is 64.2 Å². The minimum absolute atomic E-state index is 0.350. The zero-order chi connectivity index (χ0) is 12.8. The van der Waals surface area contributed by atoms with Crippen molar-refractivity contribution in [3.63, 3.8) is 0 Å². The van der Waals surface area contributed by atoms with E-state index in [-0.39, 0.29) is 0 Å². The monoisotopic (exact) mass is 253 g/mol. The van der Waals surface area contributed by atoms with Crippen LogP contribution in [-0.2, 0) is 17.8 Å². The number of hydrogen-bond acceptors (Lipinski definition) is 5. The van der Waals surface area contributed by atoms with E-state index in [1.807, 2.05) is 7.05 Å². The quantitative estimate of drug-likeness (QED) is 0.841. The highest BCUT2D eigenvalue weighted by Gasteiger charge is 2.20. The molecular weight excluding hydrogens is 230 g/mol. The summed E-state index contributed by atoms with van der Waals surface area (Å²) >= 11 is 0. The van der Waals surface area contributed by atoms with Gasteiger partial charge in [-0.1, -0.05) is 12.1 Å². The Hall–Kier alpha value is -0.940. The second kappa shape index (κ2) is 6.85. The standard InChI is InChI=1S/C13H23N3O2/c1-3-4-13-15-12(16-18-13)9-17-11-7-5-10(14-2)6-8-11/h10-11,14H,3-9H2,1-2H3. The summed E-state index contributed by atoms with van der Waals surface area (Å²) in [6.07, 6.45) is 6.83. The van der Waals surface area contributed by atoms with Gasteiger partial charge in [-0.2, -0.15) is 4.98 Å². The zero-order valence-corrected chi connectivity index (χ0v) is 11.3. The predicted octanol–water partition coefficient (Wildman–Crippen LogP) is 2.07. The Morgan fingerprint density at radius 3 is 2.78 bits per heavy atom. The molecule has 0 spiro atoms. The maximum Gasteiger partial charge on any atom is 0.226 e. The third-order valence-electron chi connectivity index (χ3n) is 3.50. The van der Waals surface area contributed by atoms with E-state index in [0.717, 1.165) is 31.6 Å². The summed E-state index contributed by atoms with van der Waals surface area (Å²) in [5.41, 5.74) is 0. The number of aromatic nitrogens is 2. The molecule has 0 radical (unpaired) electrons. The smallest absolute Gasteiger partial charge is 0.226 e. The van der Waals surface area contributed by atoms with Gasteiger partial charge in [0.25, 0.3) is 0 Å². The first-order chi connectivity index (χ1) is 8.81. The summed E-state index contributed by atoms with van der Waals surface area (Å²) in [6.45, 7) is 2.57. The van der Waals surface area contributed by atoms with Gasteiger partial charge in [0.05, 0.1) is 6.10 Å². The Morgan fingerprint density at radius 2 is 2.11 bits per heavy atom. The normalized spacial score (nSPS) is 24.3. The Kier molecular flexibility index (Phi) is 5.13. The fourth-order valence-electron chi connectivity index (χ4n) is 2.37. The fourth-order valence-corrected chi connectivity index (χ4v) is 2.37. The number of rotatable bonds is 6. The average molecular weight is 253 g/mol. The molecule has 0 amide bonds. The summed E-state index contributed by atoms with van der Waals surface area (Å²) < 4.78 is 11.0. The van der Waals surface area contributed by atoms with Crippen LogP contribution in [0.1, 0.15) is 50.7 Å². The molecule has 0 aromatic carbocycles. The number of ether oxygens (including phenoxy) is 1. The molecule has 0 saturated heterocycles. The van der Waals surface area contributed by atoms with Gasteiger partial charge in [0.15, 0.2) is 5.82 Å². The Bertz CT molecular complexity index is 346. The molecule has 5 nitrogen and oxygen atoms in total. The fraction of sp³-hybridized carbons (Fsp3) is 0.846. The van der Waals surface area contributed by atoms with E-state index < -0.39 is 0 Å². The lowest BCUT2D eigenvalue weighted by Gasteiger charge is -2.27. The Morgan fingerprint density at radius 1 is 1.33 bits per heavy atom. The van der Waals surface area contributed by atoms with E-state index >= 15 is 0 Å². The second-order valence-corrected chi connectivity index (χ2v) is 4.93. The summed E-state index contributed by atoms with van der Waals surface area (Å²) in [5.74, 6) is 1.39. The summed E-state index contributed by atoms with van der Waals surface area (Å²) in [4.78, 5) is 4.30. The van der Waals surface area contributed by atoms with Gasteiger partial charge in [0.1, 0.15) is 6.61 Å². The van der Waals surface area contributed by atoms with Crippen molar-refractivity contribution in [2.75, 3.05) is 7.05 Å². The Labute approximate surface area is 108 Å². The van der Waals surface area contributed by atoms with Crippen LogP contribution in [0, 0.1) is 0 Å². The van der Waals surface area contributed by atoms with Crippen molar-refractivity contribution in [3.8, 4) is 0 Å². The lowest BCUT2D eigenvalue weighted by atomic mass is 9.93. The minimum atomic E-state index is 0.350. The molecule has 1 heterocycles. The highest BCUT2D eigenvalue weighted by Crippen LogP contribution is 2.21. The average Bonchev–Trinajstić information content (AvgIpc) is 2.85. The van der Waals surface area contributed by atoms with E-state index in [9.17, 15) is 0 Å². The van der Waals surface area contributed by atoms with Gasteiger partial charge in [0, 0.05) is 12.5 Å². The van der Waals surface area contributed by atoms with E-state index in [1.54, 1.807) is 0 Å².